The summed E-state index contributed by atoms with van der Waals surface area (Å²) in [5, 5.41) is 13.1. The molecule has 1 aliphatic heterocycles. The maximum absolute atomic E-state index is 11.9. The maximum Gasteiger partial charge on any atom is 0.338 e. The molecule has 0 radical (unpaired) electrons. The molecule has 0 spiro atoms. The van der Waals surface area contributed by atoms with Crippen LogP contribution in [0.2, 0.25) is 5.02 Å². The van der Waals surface area contributed by atoms with E-state index in [1.165, 1.54) is 0 Å². The molecule has 0 saturated carbocycles. The van der Waals surface area contributed by atoms with E-state index in [2.05, 4.69) is 20.4 Å². The van der Waals surface area contributed by atoms with E-state index >= 15 is 0 Å². The van der Waals surface area contributed by atoms with Crippen LogP contribution in [0.3, 0.4) is 0 Å². The summed E-state index contributed by atoms with van der Waals surface area (Å²) in [5.41, 5.74) is 2.15. The van der Waals surface area contributed by atoms with Crippen molar-refractivity contribution in [3.8, 4) is 5.69 Å². The van der Waals surface area contributed by atoms with Crippen LogP contribution in [0.15, 0.2) is 48.5 Å². The summed E-state index contributed by atoms with van der Waals surface area (Å²) in [7, 11) is 0. The highest BCUT2D eigenvalue weighted by Crippen LogP contribution is 2.33. The lowest BCUT2D eigenvalue weighted by atomic mass is 10.0. The van der Waals surface area contributed by atoms with Crippen LogP contribution in [0.25, 0.3) is 5.69 Å². The Morgan fingerprint density at radius 3 is 2.60 bits per heavy atom. The molecule has 8 nitrogen and oxygen atoms in total. The molecule has 2 aromatic carbocycles. The fourth-order valence-corrected chi connectivity index (χ4v) is 3.77. The van der Waals surface area contributed by atoms with Crippen LogP contribution in [-0.2, 0) is 9.47 Å². The van der Waals surface area contributed by atoms with Crippen molar-refractivity contribution in [3.63, 3.8) is 0 Å². The first-order valence-electron chi connectivity index (χ1n) is 9.81. The van der Waals surface area contributed by atoms with Crippen LogP contribution in [0.5, 0.6) is 0 Å². The highest BCUT2D eigenvalue weighted by Gasteiger charge is 2.31. The number of esters is 1. The van der Waals surface area contributed by atoms with Gasteiger partial charge >= 0.3 is 5.97 Å². The van der Waals surface area contributed by atoms with Crippen LogP contribution in [-0.4, -0.2) is 64.0 Å². The van der Waals surface area contributed by atoms with E-state index in [4.69, 9.17) is 21.1 Å². The van der Waals surface area contributed by atoms with E-state index in [1.54, 1.807) is 35.9 Å². The Balaban J connectivity index is 1.72. The summed E-state index contributed by atoms with van der Waals surface area (Å²) >= 11 is 6.55. The molecule has 30 heavy (non-hydrogen) atoms. The SMILES string of the molecule is CCOC(=O)c1ccc(-n2nnnc2[C@H](c2ccccc2Cl)N2CCOCC2)cc1. The van der Waals surface area contributed by atoms with Crippen LogP contribution in [0.1, 0.15) is 34.7 Å². The zero-order chi connectivity index (χ0) is 20.9. The summed E-state index contributed by atoms with van der Waals surface area (Å²) < 4.78 is 12.3. The second kappa shape index (κ2) is 9.34. The number of hydrogen-bond donors (Lipinski definition) is 0. The molecule has 0 bridgehead atoms. The molecule has 1 aliphatic rings. The molecular formula is C21H22ClN5O3. The predicted octanol–water partition coefficient (Wildman–Crippen LogP) is 2.91. The lowest BCUT2D eigenvalue weighted by Gasteiger charge is -2.34. The van der Waals surface area contributed by atoms with Gasteiger partial charge in [0.05, 0.1) is 37.1 Å². The molecule has 0 N–H and O–H groups in total. The zero-order valence-electron chi connectivity index (χ0n) is 16.6. The minimum atomic E-state index is -0.358. The summed E-state index contributed by atoms with van der Waals surface area (Å²) in [6.07, 6.45) is 0. The molecule has 9 heteroatoms. The molecule has 1 fully saturated rings. The number of ether oxygens (including phenoxy) is 2. The number of benzene rings is 2. The van der Waals surface area contributed by atoms with Gasteiger partial charge in [-0.3, -0.25) is 4.90 Å². The molecule has 3 aromatic rings. The Hall–Kier alpha value is -2.81. The van der Waals surface area contributed by atoms with Crippen molar-refractivity contribution in [1.82, 2.24) is 25.1 Å². The first-order chi connectivity index (χ1) is 14.7. The number of carbonyl (C=O) groups excluding carboxylic acids is 1. The fraction of sp³-hybridized carbons (Fsp3) is 0.333. The van der Waals surface area contributed by atoms with Gasteiger partial charge in [0.15, 0.2) is 5.82 Å². The summed E-state index contributed by atoms with van der Waals surface area (Å²) in [5.74, 6) is 0.289. The lowest BCUT2D eigenvalue weighted by molar-refractivity contribution is 0.0220. The van der Waals surface area contributed by atoms with E-state index in [0.717, 1.165) is 24.3 Å². The number of hydrogen-bond acceptors (Lipinski definition) is 7. The lowest BCUT2D eigenvalue weighted by Crippen LogP contribution is -2.40. The topological polar surface area (TPSA) is 82.4 Å². The van der Waals surface area contributed by atoms with E-state index in [-0.39, 0.29) is 12.0 Å². The number of tetrazole rings is 1. The number of halogens is 1. The van der Waals surface area contributed by atoms with Crippen LogP contribution >= 0.6 is 11.6 Å². The van der Waals surface area contributed by atoms with E-state index in [9.17, 15) is 4.79 Å². The van der Waals surface area contributed by atoms with E-state index in [1.807, 2.05) is 24.3 Å². The van der Waals surface area contributed by atoms with Crippen LogP contribution < -0.4 is 0 Å². The van der Waals surface area contributed by atoms with Gasteiger partial charge in [-0.1, -0.05) is 29.8 Å². The molecule has 156 valence electrons. The quantitative estimate of drug-likeness (QED) is 0.559. The molecule has 1 aromatic heterocycles. The van der Waals surface area contributed by atoms with Crippen molar-refractivity contribution >= 4 is 17.6 Å². The second-order valence-corrected chi connectivity index (χ2v) is 7.20. The van der Waals surface area contributed by atoms with Gasteiger partial charge in [0.1, 0.15) is 0 Å². The molecular weight excluding hydrogens is 406 g/mol. The number of rotatable bonds is 6. The van der Waals surface area contributed by atoms with Gasteiger partial charge < -0.3 is 9.47 Å². The van der Waals surface area contributed by atoms with Gasteiger partial charge in [-0.25, -0.2) is 4.79 Å². The minimum Gasteiger partial charge on any atom is -0.462 e. The first-order valence-corrected chi connectivity index (χ1v) is 10.2. The monoisotopic (exact) mass is 427 g/mol. The second-order valence-electron chi connectivity index (χ2n) is 6.79. The van der Waals surface area contributed by atoms with E-state index < -0.39 is 0 Å². The molecule has 1 atom stereocenters. The third-order valence-electron chi connectivity index (χ3n) is 4.97. The minimum absolute atomic E-state index is 0.234. The highest BCUT2D eigenvalue weighted by atomic mass is 35.5. The molecule has 0 aliphatic carbocycles. The number of carbonyl (C=O) groups is 1. The van der Waals surface area contributed by atoms with Crippen LogP contribution in [0, 0.1) is 0 Å². The van der Waals surface area contributed by atoms with Gasteiger partial charge in [0.2, 0.25) is 0 Å². The maximum atomic E-state index is 11.9. The zero-order valence-corrected chi connectivity index (χ0v) is 17.3. The van der Waals surface area contributed by atoms with Gasteiger partial charge in [-0.05, 0) is 53.2 Å². The van der Waals surface area contributed by atoms with Crippen molar-refractivity contribution in [2.75, 3.05) is 32.9 Å². The van der Waals surface area contributed by atoms with Gasteiger partial charge in [-0.2, -0.15) is 4.68 Å². The van der Waals surface area contributed by atoms with Gasteiger partial charge in [-0.15, -0.1) is 5.10 Å². The van der Waals surface area contributed by atoms with Gasteiger partial charge in [0, 0.05) is 18.1 Å². The highest BCUT2D eigenvalue weighted by molar-refractivity contribution is 6.31. The van der Waals surface area contributed by atoms with Crippen molar-refractivity contribution in [2.24, 2.45) is 0 Å². The number of nitrogens with zero attached hydrogens (tertiary/aromatic N) is 5. The third kappa shape index (κ3) is 4.21. The molecule has 0 unspecified atom stereocenters. The predicted molar refractivity (Wildman–Crippen MR) is 111 cm³/mol. The first kappa shape index (κ1) is 20.5. The van der Waals surface area contributed by atoms with Crippen LogP contribution in [0.4, 0.5) is 0 Å². The smallest absolute Gasteiger partial charge is 0.338 e. The Kier molecular flexibility index (Phi) is 6.37. The fourth-order valence-electron chi connectivity index (χ4n) is 3.53. The van der Waals surface area contributed by atoms with E-state index in [0.29, 0.717) is 36.2 Å². The normalized spacial score (nSPS) is 15.7. The number of aromatic nitrogens is 4. The largest absolute Gasteiger partial charge is 0.462 e. The molecule has 2 heterocycles. The Labute approximate surface area is 179 Å². The Morgan fingerprint density at radius 1 is 1.17 bits per heavy atom. The average Bonchev–Trinajstić information content (AvgIpc) is 3.26. The van der Waals surface area contributed by atoms with Crippen molar-refractivity contribution in [3.05, 3.63) is 70.5 Å². The summed E-state index contributed by atoms with van der Waals surface area (Å²) in [6, 6.07) is 14.5. The molecule has 1 saturated heterocycles. The third-order valence-corrected chi connectivity index (χ3v) is 5.32. The van der Waals surface area contributed by atoms with Gasteiger partial charge in [0.25, 0.3) is 0 Å². The van der Waals surface area contributed by atoms with Crippen molar-refractivity contribution < 1.29 is 14.3 Å². The average molecular weight is 428 g/mol. The summed E-state index contributed by atoms with van der Waals surface area (Å²) in [4.78, 5) is 14.2. The molecule has 0 amide bonds. The van der Waals surface area contributed by atoms with Crippen molar-refractivity contribution in [2.45, 2.75) is 13.0 Å². The standard InChI is InChI=1S/C21H22ClN5O3/c1-2-30-21(28)15-7-9-16(10-8-15)27-20(23-24-25-27)19(26-11-13-29-14-12-26)17-5-3-4-6-18(17)22/h3-10,19H,2,11-14H2,1H3/t19-/m0/s1. The molecule has 4 rings (SSSR count). The number of morpholine rings is 1. The van der Waals surface area contributed by atoms with Crippen molar-refractivity contribution in [1.29, 1.82) is 0 Å². The Bertz CT molecular complexity index is 1000. The summed E-state index contributed by atoms with van der Waals surface area (Å²) in [6.45, 7) is 4.86. The Morgan fingerprint density at radius 2 is 1.90 bits per heavy atom.